The number of fused-ring (bicyclic) bond motifs is 1. The standard InChI is InChI=1S/C26H20N2O5/c1-26(16-27-22(30)19-14-8-9-15-20(19)23(27)31)25(32)33-24(18-12-6-3-7-13-18)28(26)21(29)17-10-4-2-5-11-17/h2-15,24H,16H2,1H3/t24-,26+/m1/s1. The van der Waals surface area contributed by atoms with Gasteiger partial charge in [0, 0.05) is 11.1 Å². The minimum absolute atomic E-state index is 0.276. The van der Waals surface area contributed by atoms with Crippen molar-refractivity contribution in [2.45, 2.75) is 18.7 Å². The summed E-state index contributed by atoms with van der Waals surface area (Å²) in [5.41, 5.74) is -0.0524. The van der Waals surface area contributed by atoms with Crippen molar-refractivity contribution in [3.05, 3.63) is 107 Å². The minimum atomic E-state index is -1.58. The third kappa shape index (κ3) is 3.20. The Labute approximate surface area is 190 Å². The Bertz CT molecular complexity index is 1240. The van der Waals surface area contributed by atoms with Crippen molar-refractivity contribution in [2.75, 3.05) is 6.54 Å². The molecule has 0 saturated carbocycles. The number of cyclic esters (lactones) is 1. The van der Waals surface area contributed by atoms with Crippen LogP contribution in [0.3, 0.4) is 0 Å². The number of amides is 3. The lowest BCUT2D eigenvalue weighted by molar-refractivity contribution is -0.145. The summed E-state index contributed by atoms with van der Waals surface area (Å²) in [5.74, 6) is -2.12. The van der Waals surface area contributed by atoms with Crippen molar-refractivity contribution in [1.29, 1.82) is 0 Å². The van der Waals surface area contributed by atoms with Gasteiger partial charge in [0.1, 0.15) is 0 Å². The Balaban J connectivity index is 1.57. The Morgan fingerprint density at radius 1 is 0.818 bits per heavy atom. The number of hydrogen-bond acceptors (Lipinski definition) is 5. The van der Waals surface area contributed by atoms with Crippen LogP contribution in [-0.4, -0.2) is 45.6 Å². The minimum Gasteiger partial charge on any atom is -0.435 e. The molecule has 3 amide bonds. The van der Waals surface area contributed by atoms with E-state index in [0.29, 0.717) is 11.1 Å². The van der Waals surface area contributed by atoms with Gasteiger partial charge in [0.2, 0.25) is 6.23 Å². The van der Waals surface area contributed by atoms with Gasteiger partial charge in [-0.1, -0.05) is 60.7 Å². The summed E-state index contributed by atoms with van der Waals surface area (Å²) in [5, 5.41) is 0. The molecule has 7 heteroatoms. The van der Waals surface area contributed by atoms with Crippen LogP contribution < -0.4 is 0 Å². The van der Waals surface area contributed by atoms with Crippen molar-refractivity contribution in [3.8, 4) is 0 Å². The second-order valence-electron chi connectivity index (χ2n) is 8.23. The summed E-state index contributed by atoms with van der Waals surface area (Å²) in [6.07, 6.45) is -0.994. The summed E-state index contributed by atoms with van der Waals surface area (Å²) >= 11 is 0. The number of imide groups is 1. The predicted molar refractivity (Wildman–Crippen MR) is 118 cm³/mol. The molecule has 0 spiro atoms. The molecule has 2 aliphatic heterocycles. The van der Waals surface area contributed by atoms with E-state index < -0.39 is 35.5 Å². The Morgan fingerprint density at radius 2 is 1.33 bits per heavy atom. The second kappa shape index (κ2) is 7.70. The van der Waals surface area contributed by atoms with Crippen LogP contribution in [-0.2, 0) is 9.53 Å². The summed E-state index contributed by atoms with van der Waals surface area (Å²) in [6.45, 7) is 1.21. The van der Waals surface area contributed by atoms with E-state index in [1.807, 2.05) is 6.07 Å². The summed E-state index contributed by atoms with van der Waals surface area (Å²) in [6, 6.07) is 24.0. The van der Waals surface area contributed by atoms with Gasteiger partial charge in [-0.2, -0.15) is 0 Å². The maximum Gasteiger partial charge on any atom is 0.336 e. The van der Waals surface area contributed by atoms with Gasteiger partial charge in [-0.15, -0.1) is 0 Å². The molecular formula is C26H20N2O5. The molecule has 0 bridgehead atoms. The Morgan fingerprint density at radius 3 is 1.91 bits per heavy atom. The largest absolute Gasteiger partial charge is 0.435 e. The quantitative estimate of drug-likeness (QED) is 0.458. The number of carbonyl (C=O) groups excluding carboxylic acids is 4. The van der Waals surface area contributed by atoms with E-state index in [-0.39, 0.29) is 17.7 Å². The number of rotatable bonds is 4. The molecule has 164 valence electrons. The first-order valence-electron chi connectivity index (χ1n) is 10.5. The SMILES string of the molecule is C[C@]1(CN2C(=O)c3ccccc3C2=O)C(=O)O[C@H](c2ccccc2)N1C(=O)c1ccccc1. The molecule has 3 aromatic carbocycles. The fourth-order valence-corrected chi connectivity index (χ4v) is 4.35. The van der Waals surface area contributed by atoms with E-state index >= 15 is 0 Å². The Hall–Kier alpha value is -4.26. The first-order valence-corrected chi connectivity index (χ1v) is 10.5. The molecule has 0 radical (unpaired) electrons. The first-order chi connectivity index (χ1) is 15.9. The fourth-order valence-electron chi connectivity index (χ4n) is 4.35. The highest BCUT2D eigenvalue weighted by Gasteiger charge is 2.57. The molecule has 1 fully saturated rings. The maximum atomic E-state index is 13.7. The topological polar surface area (TPSA) is 84.0 Å². The van der Waals surface area contributed by atoms with Crippen LogP contribution >= 0.6 is 0 Å². The molecule has 5 rings (SSSR count). The maximum absolute atomic E-state index is 13.7. The number of hydrogen-bond donors (Lipinski definition) is 0. The smallest absolute Gasteiger partial charge is 0.336 e. The van der Waals surface area contributed by atoms with Crippen LogP contribution in [0.25, 0.3) is 0 Å². The first kappa shape index (κ1) is 20.6. The van der Waals surface area contributed by atoms with Gasteiger partial charge in [0.25, 0.3) is 17.7 Å². The number of esters is 1. The van der Waals surface area contributed by atoms with Gasteiger partial charge in [-0.05, 0) is 31.2 Å². The van der Waals surface area contributed by atoms with Crippen LogP contribution in [0.15, 0.2) is 84.9 Å². The number of benzene rings is 3. The highest BCUT2D eigenvalue weighted by Crippen LogP contribution is 2.41. The molecule has 3 aromatic rings. The van der Waals surface area contributed by atoms with Crippen molar-refractivity contribution >= 4 is 23.7 Å². The molecule has 2 aliphatic rings. The second-order valence-corrected chi connectivity index (χ2v) is 8.23. The number of carbonyl (C=O) groups is 4. The average Bonchev–Trinajstić information content (AvgIpc) is 3.25. The molecule has 2 heterocycles. The molecule has 7 nitrogen and oxygen atoms in total. The van der Waals surface area contributed by atoms with Gasteiger partial charge < -0.3 is 4.74 Å². The fraction of sp³-hybridized carbons (Fsp3) is 0.154. The van der Waals surface area contributed by atoms with Crippen molar-refractivity contribution in [2.24, 2.45) is 0 Å². The van der Waals surface area contributed by atoms with E-state index in [4.69, 9.17) is 4.74 Å². The lowest BCUT2D eigenvalue weighted by Crippen LogP contribution is -2.57. The highest BCUT2D eigenvalue weighted by molar-refractivity contribution is 6.21. The molecular weight excluding hydrogens is 420 g/mol. The van der Waals surface area contributed by atoms with Gasteiger partial charge in [0.05, 0.1) is 17.7 Å². The van der Waals surface area contributed by atoms with Gasteiger partial charge in [0.15, 0.2) is 5.54 Å². The average molecular weight is 440 g/mol. The predicted octanol–water partition coefficient (Wildman–Crippen LogP) is 3.44. The molecule has 2 atom stereocenters. The van der Waals surface area contributed by atoms with Gasteiger partial charge >= 0.3 is 5.97 Å². The van der Waals surface area contributed by atoms with Crippen molar-refractivity contribution in [3.63, 3.8) is 0 Å². The summed E-state index contributed by atoms with van der Waals surface area (Å²) in [4.78, 5) is 55.2. The van der Waals surface area contributed by atoms with E-state index in [2.05, 4.69) is 0 Å². The molecule has 0 N–H and O–H groups in total. The molecule has 0 unspecified atom stereocenters. The van der Waals surface area contributed by atoms with Gasteiger partial charge in [-0.3, -0.25) is 24.2 Å². The third-order valence-electron chi connectivity index (χ3n) is 6.09. The third-order valence-corrected chi connectivity index (χ3v) is 6.09. The zero-order valence-electron chi connectivity index (χ0n) is 17.8. The van der Waals surface area contributed by atoms with E-state index in [1.165, 1.54) is 11.8 Å². The van der Waals surface area contributed by atoms with Crippen LogP contribution in [0.4, 0.5) is 0 Å². The lowest BCUT2D eigenvalue weighted by Gasteiger charge is -2.35. The zero-order chi connectivity index (χ0) is 23.2. The van der Waals surface area contributed by atoms with Crippen LogP contribution in [0, 0.1) is 0 Å². The van der Waals surface area contributed by atoms with Crippen LogP contribution in [0.5, 0.6) is 0 Å². The van der Waals surface area contributed by atoms with Crippen LogP contribution in [0.1, 0.15) is 49.8 Å². The number of nitrogens with zero attached hydrogens (tertiary/aromatic N) is 2. The summed E-state index contributed by atoms with van der Waals surface area (Å²) < 4.78 is 5.69. The Kier molecular flexibility index (Phi) is 4.82. The van der Waals surface area contributed by atoms with Crippen molar-refractivity contribution in [1.82, 2.24) is 9.80 Å². The monoisotopic (exact) mass is 440 g/mol. The molecule has 1 saturated heterocycles. The molecule has 0 aliphatic carbocycles. The van der Waals surface area contributed by atoms with Crippen molar-refractivity contribution < 1.29 is 23.9 Å². The molecule has 0 aromatic heterocycles. The van der Waals surface area contributed by atoms with Crippen LogP contribution in [0.2, 0.25) is 0 Å². The summed E-state index contributed by atoms with van der Waals surface area (Å²) in [7, 11) is 0. The molecule has 33 heavy (non-hydrogen) atoms. The highest BCUT2D eigenvalue weighted by atomic mass is 16.6. The zero-order valence-corrected chi connectivity index (χ0v) is 17.8. The van der Waals surface area contributed by atoms with E-state index in [9.17, 15) is 19.2 Å². The number of ether oxygens (including phenoxy) is 1. The van der Waals surface area contributed by atoms with E-state index in [1.54, 1.807) is 78.9 Å². The van der Waals surface area contributed by atoms with Gasteiger partial charge in [-0.25, -0.2) is 4.79 Å². The lowest BCUT2D eigenvalue weighted by atomic mass is 9.97. The normalized spacial score (nSPS) is 21.8. The van der Waals surface area contributed by atoms with E-state index in [0.717, 1.165) is 4.90 Å².